The fourth-order valence-corrected chi connectivity index (χ4v) is 3.71. The van der Waals surface area contributed by atoms with Crippen molar-refractivity contribution < 1.29 is 4.79 Å². The minimum atomic E-state index is -0.128. The molecule has 1 heterocycles. The van der Waals surface area contributed by atoms with E-state index in [4.69, 9.17) is 0 Å². The molecule has 1 aliphatic rings. The van der Waals surface area contributed by atoms with Crippen LogP contribution in [0.2, 0.25) is 0 Å². The van der Waals surface area contributed by atoms with Crippen molar-refractivity contribution in [2.75, 3.05) is 11.5 Å². The minimum absolute atomic E-state index is 0.128. The van der Waals surface area contributed by atoms with Crippen molar-refractivity contribution in [3.05, 3.63) is 0 Å². The van der Waals surface area contributed by atoms with E-state index in [9.17, 15) is 4.79 Å². The van der Waals surface area contributed by atoms with Crippen LogP contribution >= 0.6 is 21.6 Å². The first kappa shape index (κ1) is 7.19. The van der Waals surface area contributed by atoms with Crippen LogP contribution in [0, 0.1) is 0 Å². The molecule has 1 rings (SSSR count). The highest BCUT2D eigenvalue weighted by molar-refractivity contribution is 8.77. The number of rotatable bonds is 1. The van der Waals surface area contributed by atoms with Crippen molar-refractivity contribution in [3.8, 4) is 0 Å². The summed E-state index contributed by atoms with van der Waals surface area (Å²) < 4.78 is 0. The van der Waals surface area contributed by atoms with Crippen molar-refractivity contribution >= 4 is 27.7 Å². The Morgan fingerprint density at radius 1 is 1.56 bits per heavy atom. The zero-order chi connectivity index (χ0) is 6.74. The molecule has 4 heteroatoms. The summed E-state index contributed by atoms with van der Waals surface area (Å²) in [4.78, 5) is 13.6. The van der Waals surface area contributed by atoms with Crippen LogP contribution in [0.4, 0.5) is 0 Å². The van der Waals surface area contributed by atoms with E-state index in [0.29, 0.717) is 0 Å². The zero-order valence-electron chi connectivity index (χ0n) is 5.09. The summed E-state index contributed by atoms with van der Waals surface area (Å²) in [5, 5.41) is 0. The number of aliphatic imine (C=N–C) groups is 1. The Morgan fingerprint density at radius 3 is 2.56 bits per heavy atom. The first-order chi connectivity index (χ1) is 4.27. The summed E-state index contributed by atoms with van der Waals surface area (Å²) in [5.41, 5.74) is -0.128. The van der Waals surface area contributed by atoms with E-state index in [1.165, 1.54) is 0 Å². The van der Waals surface area contributed by atoms with Gasteiger partial charge in [-0.05, 0) is 6.92 Å². The lowest BCUT2D eigenvalue weighted by Crippen LogP contribution is -2.23. The fraction of sp³-hybridized carbons (Fsp3) is 0.800. The number of carbonyl (C=O) groups excluding carboxylic acids is 1. The Bertz CT molecular complexity index is 147. The van der Waals surface area contributed by atoms with E-state index >= 15 is 0 Å². The number of isocyanates is 1. The van der Waals surface area contributed by atoms with Crippen molar-refractivity contribution in [1.82, 2.24) is 0 Å². The quantitative estimate of drug-likeness (QED) is 0.331. The highest BCUT2D eigenvalue weighted by Crippen LogP contribution is 2.39. The molecule has 0 aliphatic carbocycles. The topological polar surface area (TPSA) is 29.4 Å². The van der Waals surface area contributed by atoms with Gasteiger partial charge in [0.25, 0.3) is 0 Å². The van der Waals surface area contributed by atoms with Gasteiger partial charge < -0.3 is 0 Å². The van der Waals surface area contributed by atoms with Crippen molar-refractivity contribution in [3.63, 3.8) is 0 Å². The van der Waals surface area contributed by atoms with Gasteiger partial charge in [0.15, 0.2) is 0 Å². The molecule has 0 atom stereocenters. The number of hydrogen-bond donors (Lipinski definition) is 0. The molecule has 0 radical (unpaired) electrons. The second-order valence-corrected chi connectivity index (χ2v) is 4.69. The Hall–Kier alpha value is 0.0800. The van der Waals surface area contributed by atoms with E-state index in [2.05, 4.69) is 4.99 Å². The van der Waals surface area contributed by atoms with Gasteiger partial charge in [0.1, 0.15) is 0 Å². The molecule has 1 fully saturated rings. The maximum Gasteiger partial charge on any atom is 0.235 e. The Kier molecular flexibility index (Phi) is 2.22. The molecular weight excluding hydrogens is 154 g/mol. The predicted molar refractivity (Wildman–Crippen MR) is 41.4 cm³/mol. The molecule has 0 spiro atoms. The zero-order valence-corrected chi connectivity index (χ0v) is 6.72. The molecule has 0 N–H and O–H groups in total. The molecule has 0 unspecified atom stereocenters. The lowest BCUT2D eigenvalue weighted by Gasteiger charge is -2.10. The summed E-state index contributed by atoms with van der Waals surface area (Å²) in [7, 11) is 3.53. The smallest absolute Gasteiger partial charge is 0.211 e. The van der Waals surface area contributed by atoms with E-state index < -0.39 is 0 Å². The Labute approximate surface area is 61.9 Å². The minimum Gasteiger partial charge on any atom is -0.211 e. The van der Waals surface area contributed by atoms with Crippen LogP contribution in [0.3, 0.4) is 0 Å². The lowest BCUT2D eigenvalue weighted by molar-refractivity contribution is 0.543. The van der Waals surface area contributed by atoms with Gasteiger partial charge in [-0.2, -0.15) is 4.99 Å². The Morgan fingerprint density at radius 2 is 2.11 bits per heavy atom. The van der Waals surface area contributed by atoms with E-state index in [-0.39, 0.29) is 5.54 Å². The van der Waals surface area contributed by atoms with E-state index in [1.807, 2.05) is 6.92 Å². The molecule has 2 nitrogen and oxygen atoms in total. The predicted octanol–water partition coefficient (Wildman–Crippen LogP) is 1.48. The second kappa shape index (κ2) is 2.78. The molecular formula is C5H7NOS2. The van der Waals surface area contributed by atoms with Crippen LogP contribution in [0.5, 0.6) is 0 Å². The fourth-order valence-electron chi connectivity index (χ4n) is 0.554. The highest BCUT2D eigenvalue weighted by Gasteiger charge is 2.29. The third kappa shape index (κ3) is 1.75. The average Bonchev–Trinajstić information content (AvgIpc) is 2.16. The molecule has 0 aromatic carbocycles. The van der Waals surface area contributed by atoms with Crippen LogP contribution in [0.25, 0.3) is 0 Å². The Balaban J connectivity index is 2.61. The van der Waals surface area contributed by atoms with Crippen LogP contribution in [-0.2, 0) is 4.79 Å². The van der Waals surface area contributed by atoms with Crippen LogP contribution in [0.1, 0.15) is 6.92 Å². The monoisotopic (exact) mass is 161 g/mol. The molecule has 1 aliphatic heterocycles. The lowest BCUT2D eigenvalue weighted by atomic mass is 10.1. The van der Waals surface area contributed by atoms with Crippen molar-refractivity contribution in [2.45, 2.75) is 12.5 Å². The number of nitrogens with zero attached hydrogens (tertiary/aromatic N) is 1. The molecule has 0 bridgehead atoms. The van der Waals surface area contributed by atoms with Gasteiger partial charge in [0.05, 0.1) is 5.54 Å². The molecule has 1 saturated heterocycles. The van der Waals surface area contributed by atoms with Crippen molar-refractivity contribution in [1.29, 1.82) is 0 Å². The second-order valence-electron chi connectivity index (χ2n) is 2.22. The van der Waals surface area contributed by atoms with Gasteiger partial charge in [0, 0.05) is 11.5 Å². The van der Waals surface area contributed by atoms with Gasteiger partial charge in [-0.15, -0.1) is 0 Å². The van der Waals surface area contributed by atoms with E-state index in [0.717, 1.165) is 11.5 Å². The summed E-state index contributed by atoms with van der Waals surface area (Å²) in [6.07, 6.45) is 1.60. The maximum atomic E-state index is 9.86. The first-order valence-corrected chi connectivity index (χ1v) is 5.09. The summed E-state index contributed by atoms with van der Waals surface area (Å²) in [6, 6.07) is 0. The summed E-state index contributed by atoms with van der Waals surface area (Å²) >= 11 is 0. The van der Waals surface area contributed by atoms with Gasteiger partial charge >= 0.3 is 0 Å². The van der Waals surface area contributed by atoms with Crippen LogP contribution in [-0.4, -0.2) is 23.1 Å². The molecule has 0 amide bonds. The van der Waals surface area contributed by atoms with Gasteiger partial charge in [-0.25, -0.2) is 4.79 Å². The normalized spacial score (nSPS) is 23.2. The van der Waals surface area contributed by atoms with Gasteiger partial charge in [-0.1, -0.05) is 21.6 Å². The standard InChI is InChI=1S/C5H7NOS2/c1-5(6-4-7)2-8-9-3-5/h2-3H2,1H3. The SMILES string of the molecule is CC1(N=C=O)CSSC1. The van der Waals surface area contributed by atoms with Gasteiger partial charge in [0.2, 0.25) is 6.08 Å². The molecule has 0 aromatic heterocycles. The molecule has 9 heavy (non-hydrogen) atoms. The maximum absolute atomic E-state index is 9.86. The third-order valence-corrected chi connectivity index (χ3v) is 3.99. The molecule has 0 aromatic rings. The first-order valence-electron chi connectivity index (χ1n) is 2.60. The molecule has 50 valence electrons. The van der Waals surface area contributed by atoms with E-state index in [1.54, 1.807) is 27.7 Å². The largest absolute Gasteiger partial charge is 0.235 e. The van der Waals surface area contributed by atoms with Crippen molar-refractivity contribution in [2.24, 2.45) is 4.99 Å². The highest BCUT2D eigenvalue weighted by atomic mass is 33.1. The number of hydrogen-bond acceptors (Lipinski definition) is 4. The van der Waals surface area contributed by atoms with Crippen LogP contribution in [0.15, 0.2) is 4.99 Å². The summed E-state index contributed by atoms with van der Waals surface area (Å²) in [5.74, 6) is 1.87. The van der Waals surface area contributed by atoms with Gasteiger partial charge in [-0.3, -0.25) is 0 Å². The third-order valence-electron chi connectivity index (χ3n) is 1.14. The summed E-state index contributed by atoms with van der Waals surface area (Å²) in [6.45, 7) is 1.98. The van der Waals surface area contributed by atoms with Crippen LogP contribution < -0.4 is 0 Å². The molecule has 0 saturated carbocycles. The average molecular weight is 161 g/mol.